The molecule has 2 aliphatic rings. The highest BCUT2D eigenvalue weighted by molar-refractivity contribution is 5.94. The third kappa shape index (κ3) is 3.78. The first-order valence-corrected chi connectivity index (χ1v) is 10.1. The Morgan fingerprint density at radius 1 is 1.33 bits per heavy atom. The van der Waals surface area contributed by atoms with Crippen LogP contribution in [-0.4, -0.2) is 21.4 Å². The highest BCUT2D eigenvalue weighted by Crippen LogP contribution is 2.47. The summed E-state index contributed by atoms with van der Waals surface area (Å²) in [6, 6.07) is 3.34. The van der Waals surface area contributed by atoms with E-state index in [2.05, 4.69) is 29.1 Å². The molecule has 144 valence electrons. The molecule has 0 radical (unpaired) electrons. The number of hydrogen-bond donors (Lipinski definition) is 2. The maximum atomic E-state index is 13.9. The summed E-state index contributed by atoms with van der Waals surface area (Å²) in [5.41, 5.74) is 1.43. The van der Waals surface area contributed by atoms with Crippen molar-refractivity contribution in [2.24, 2.45) is 17.8 Å². The molecule has 4 nitrogen and oxygen atoms in total. The van der Waals surface area contributed by atoms with Crippen LogP contribution in [0.1, 0.15) is 62.9 Å². The molecule has 2 aliphatic carbocycles. The third-order valence-electron chi connectivity index (χ3n) is 6.48. The van der Waals surface area contributed by atoms with Gasteiger partial charge in [0.25, 0.3) is 5.91 Å². The zero-order chi connectivity index (χ0) is 19.0. The zero-order valence-corrected chi connectivity index (χ0v) is 16.1. The van der Waals surface area contributed by atoms with Crippen molar-refractivity contribution in [2.75, 3.05) is 0 Å². The summed E-state index contributed by atoms with van der Waals surface area (Å²) in [5, 5.41) is 3.28. The van der Waals surface area contributed by atoms with Crippen molar-refractivity contribution in [1.29, 1.82) is 0 Å². The molecule has 2 fully saturated rings. The Balaban J connectivity index is 1.46. The molecule has 2 saturated carbocycles. The number of rotatable bonds is 4. The van der Waals surface area contributed by atoms with Gasteiger partial charge in [-0.3, -0.25) is 9.78 Å². The van der Waals surface area contributed by atoms with Gasteiger partial charge in [0.05, 0.1) is 6.20 Å². The molecule has 1 amide bonds. The van der Waals surface area contributed by atoms with E-state index in [9.17, 15) is 9.18 Å². The second kappa shape index (κ2) is 7.10. The summed E-state index contributed by atoms with van der Waals surface area (Å²) >= 11 is 0. The van der Waals surface area contributed by atoms with Crippen LogP contribution in [0.2, 0.25) is 0 Å². The largest absolute Gasteiger partial charge is 0.357 e. The number of fused-ring (bicyclic) bond motifs is 2. The van der Waals surface area contributed by atoms with Crippen LogP contribution in [0.3, 0.4) is 0 Å². The molecule has 2 aromatic heterocycles. The Morgan fingerprint density at radius 2 is 2.07 bits per heavy atom. The van der Waals surface area contributed by atoms with Gasteiger partial charge in [0.2, 0.25) is 0 Å². The number of amides is 1. The van der Waals surface area contributed by atoms with Crippen LogP contribution in [0.15, 0.2) is 30.7 Å². The predicted molar refractivity (Wildman–Crippen MR) is 104 cm³/mol. The summed E-state index contributed by atoms with van der Waals surface area (Å²) in [5.74, 6) is 1.80. The molecule has 0 aliphatic heterocycles. The number of nitrogens with zero attached hydrogens (tertiary/aromatic N) is 1. The van der Waals surface area contributed by atoms with Crippen molar-refractivity contribution in [1.82, 2.24) is 15.3 Å². The van der Waals surface area contributed by atoms with Gasteiger partial charge in [0.1, 0.15) is 11.5 Å². The maximum Gasteiger partial charge on any atom is 0.268 e. The summed E-state index contributed by atoms with van der Waals surface area (Å²) in [7, 11) is 0. The third-order valence-corrected chi connectivity index (χ3v) is 6.48. The van der Waals surface area contributed by atoms with Crippen LogP contribution >= 0.6 is 0 Å². The van der Waals surface area contributed by atoms with E-state index in [4.69, 9.17) is 0 Å². The SMILES string of the molecule is CCC1CC2CC(C1)CC(C)(NC(=O)c1cc(-c3ccncc3F)c[nH]1)C2. The van der Waals surface area contributed by atoms with Crippen molar-refractivity contribution in [2.45, 2.75) is 57.9 Å². The summed E-state index contributed by atoms with van der Waals surface area (Å²) in [4.78, 5) is 19.6. The van der Waals surface area contributed by atoms with Crippen molar-refractivity contribution in [3.8, 4) is 11.1 Å². The molecule has 2 atom stereocenters. The van der Waals surface area contributed by atoms with E-state index in [1.807, 2.05) is 0 Å². The van der Waals surface area contributed by atoms with Crippen LogP contribution in [0, 0.1) is 23.6 Å². The van der Waals surface area contributed by atoms with Crippen molar-refractivity contribution in [3.05, 3.63) is 42.2 Å². The molecule has 0 saturated heterocycles. The fourth-order valence-corrected chi connectivity index (χ4v) is 5.46. The van der Waals surface area contributed by atoms with Gasteiger partial charge in [-0.05, 0) is 68.9 Å². The molecule has 0 aromatic carbocycles. The highest BCUT2D eigenvalue weighted by atomic mass is 19.1. The number of nitrogens with one attached hydrogen (secondary N) is 2. The first-order valence-electron chi connectivity index (χ1n) is 10.1. The van der Waals surface area contributed by atoms with Crippen molar-refractivity contribution in [3.63, 3.8) is 0 Å². The Kier molecular flexibility index (Phi) is 4.79. The second-order valence-electron chi connectivity index (χ2n) is 8.79. The predicted octanol–water partition coefficient (Wildman–Crippen LogP) is 4.94. The van der Waals surface area contributed by atoms with Gasteiger partial charge < -0.3 is 10.3 Å². The average molecular weight is 369 g/mol. The van der Waals surface area contributed by atoms with E-state index in [-0.39, 0.29) is 17.3 Å². The van der Waals surface area contributed by atoms with Gasteiger partial charge in [-0.2, -0.15) is 0 Å². The Bertz CT molecular complexity index is 816. The first kappa shape index (κ1) is 18.2. The number of H-pyrrole nitrogens is 1. The quantitative estimate of drug-likeness (QED) is 0.802. The lowest BCUT2D eigenvalue weighted by molar-refractivity contribution is 0.0575. The van der Waals surface area contributed by atoms with E-state index < -0.39 is 0 Å². The summed E-state index contributed by atoms with van der Waals surface area (Å²) in [6.07, 6.45) is 11.7. The van der Waals surface area contributed by atoms with Crippen molar-refractivity contribution < 1.29 is 9.18 Å². The fraction of sp³-hybridized carbons (Fsp3) is 0.545. The van der Waals surface area contributed by atoms with Gasteiger partial charge >= 0.3 is 0 Å². The lowest BCUT2D eigenvalue weighted by Crippen LogP contribution is -2.52. The van der Waals surface area contributed by atoms with Crippen LogP contribution in [0.25, 0.3) is 11.1 Å². The number of carbonyl (C=O) groups is 1. The minimum atomic E-state index is -0.388. The minimum absolute atomic E-state index is 0.106. The minimum Gasteiger partial charge on any atom is -0.357 e. The van der Waals surface area contributed by atoms with E-state index in [1.54, 1.807) is 24.5 Å². The maximum absolute atomic E-state index is 13.9. The number of aromatic amines is 1. The smallest absolute Gasteiger partial charge is 0.268 e. The molecule has 27 heavy (non-hydrogen) atoms. The molecule has 2 aromatic rings. The average Bonchev–Trinajstić information content (AvgIpc) is 3.10. The molecule has 2 N–H and O–H groups in total. The lowest BCUT2D eigenvalue weighted by atomic mass is 9.62. The highest BCUT2D eigenvalue weighted by Gasteiger charge is 2.42. The molecule has 0 spiro atoms. The van der Waals surface area contributed by atoms with Gasteiger partial charge in [0.15, 0.2) is 0 Å². The second-order valence-corrected chi connectivity index (χ2v) is 8.79. The van der Waals surface area contributed by atoms with Crippen LogP contribution < -0.4 is 5.32 Å². The summed E-state index contributed by atoms with van der Waals surface area (Å²) in [6.45, 7) is 4.48. The van der Waals surface area contributed by atoms with Gasteiger partial charge in [-0.15, -0.1) is 0 Å². The number of halogens is 1. The number of pyridine rings is 1. The van der Waals surface area contributed by atoms with Gasteiger partial charge in [-0.25, -0.2) is 4.39 Å². The van der Waals surface area contributed by atoms with Crippen molar-refractivity contribution >= 4 is 5.91 Å². The van der Waals surface area contributed by atoms with E-state index >= 15 is 0 Å². The summed E-state index contributed by atoms with van der Waals surface area (Å²) < 4.78 is 13.9. The normalized spacial score (nSPS) is 30.1. The number of carbonyl (C=O) groups excluding carboxylic acids is 1. The number of aromatic nitrogens is 2. The fourth-order valence-electron chi connectivity index (χ4n) is 5.46. The van der Waals surface area contributed by atoms with Crippen LogP contribution in [0.4, 0.5) is 4.39 Å². The molecular weight excluding hydrogens is 341 g/mol. The Hall–Kier alpha value is -2.17. The number of hydrogen-bond acceptors (Lipinski definition) is 2. The van der Waals surface area contributed by atoms with E-state index in [0.29, 0.717) is 16.8 Å². The standard InChI is InChI=1S/C22H28FN3O/c1-3-14-6-15-8-16(7-14)11-22(2,10-15)26-21(27)20-9-17(12-25-20)18-4-5-24-13-19(18)23/h4-5,9,12-16,25H,3,6-8,10-11H2,1-2H3,(H,26,27). The Morgan fingerprint density at radius 3 is 2.74 bits per heavy atom. The van der Waals surface area contributed by atoms with Crippen LogP contribution in [-0.2, 0) is 0 Å². The molecular formula is C22H28FN3O. The molecule has 5 heteroatoms. The lowest BCUT2D eigenvalue weighted by Gasteiger charge is -2.48. The first-order chi connectivity index (χ1) is 13.0. The van der Waals surface area contributed by atoms with Gasteiger partial charge in [-0.1, -0.05) is 13.3 Å². The van der Waals surface area contributed by atoms with Gasteiger partial charge in [0, 0.05) is 29.1 Å². The zero-order valence-electron chi connectivity index (χ0n) is 16.1. The molecule has 4 rings (SSSR count). The Labute approximate surface area is 160 Å². The van der Waals surface area contributed by atoms with Crippen LogP contribution in [0.5, 0.6) is 0 Å². The molecule has 2 unspecified atom stereocenters. The molecule has 2 heterocycles. The van der Waals surface area contributed by atoms with E-state index in [1.165, 1.54) is 31.9 Å². The van der Waals surface area contributed by atoms with E-state index in [0.717, 1.165) is 30.6 Å². The monoisotopic (exact) mass is 369 g/mol. The topological polar surface area (TPSA) is 57.8 Å². The molecule has 2 bridgehead atoms.